The average molecular weight is 383 g/mol. The van der Waals surface area contributed by atoms with Crippen LogP contribution in [-0.4, -0.2) is 15.4 Å². The lowest BCUT2D eigenvalue weighted by Gasteiger charge is -2.33. The Kier molecular flexibility index (Phi) is 8.82. The van der Waals surface area contributed by atoms with Crippen molar-refractivity contribution in [2.75, 3.05) is 7.11 Å². The molecule has 0 aliphatic heterocycles. The van der Waals surface area contributed by atoms with Crippen LogP contribution in [0.15, 0.2) is 66.7 Å². The second-order valence-corrected chi connectivity index (χ2v) is 11.7. The van der Waals surface area contributed by atoms with Crippen LogP contribution in [0.2, 0.25) is 18.1 Å². The van der Waals surface area contributed by atoms with E-state index in [2.05, 4.69) is 75.4 Å². The zero-order valence-corrected chi connectivity index (χ0v) is 18.3. The normalized spacial score (nSPS) is 13.0. The van der Waals surface area contributed by atoms with E-state index in [0.29, 0.717) is 0 Å². The van der Waals surface area contributed by atoms with Crippen LogP contribution < -0.4 is 4.74 Å². The van der Waals surface area contributed by atoms with Gasteiger partial charge in [0.2, 0.25) is 0 Å². The summed E-state index contributed by atoms with van der Waals surface area (Å²) in [7, 11) is 0.0324. The largest absolute Gasteiger partial charge is 0.497 e. The predicted molar refractivity (Wildman–Crippen MR) is 118 cm³/mol. The monoisotopic (exact) mass is 382 g/mol. The number of rotatable bonds is 11. The maximum absolute atomic E-state index is 6.84. The minimum Gasteiger partial charge on any atom is -0.497 e. The van der Waals surface area contributed by atoms with E-state index in [0.717, 1.165) is 18.6 Å². The highest BCUT2D eigenvalue weighted by atomic mass is 28.4. The molecule has 2 aromatic rings. The minimum atomic E-state index is -1.67. The Morgan fingerprint density at radius 1 is 0.852 bits per heavy atom. The molecule has 0 saturated carbocycles. The fourth-order valence-corrected chi connectivity index (χ4v) is 6.26. The highest BCUT2D eigenvalue weighted by Crippen LogP contribution is 2.32. The van der Waals surface area contributed by atoms with Gasteiger partial charge in [0.15, 0.2) is 8.32 Å². The van der Waals surface area contributed by atoms with Gasteiger partial charge in [0.1, 0.15) is 5.75 Å². The quantitative estimate of drug-likeness (QED) is 0.309. The fraction of sp³-hybridized carbons (Fsp3) is 0.417. The summed E-state index contributed by atoms with van der Waals surface area (Å²) in [6.07, 6.45) is 6.54. The molecule has 0 spiro atoms. The van der Waals surface area contributed by atoms with E-state index in [-0.39, 0.29) is 6.10 Å². The highest BCUT2D eigenvalue weighted by Gasteiger charge is 2.32. The topological polar surface area (TPSA) is 18.5 Å². The van der Waals surface area contributed by atoms with E-state index >= 15 is 0 Å². The molecular formula is C24H34O2Si. The van der Waals surface area contributed by atoms with Gasteiger partial charge < -0.3 is 9.16 Å². The molecule has 146 valence electrons. The number of benzene rings is 2. The molecular weight excluding hydrogens is 348 g/mol. The van der Waals surface area contributed by atoms with Gasteiger partial charge in [-0.3, -0.25) is 0 Å². The molecule has 0 heterocycles. The molecule has 0 radical (unpaired) electrons. The van der Waals surface area contributed by atoms with Gasteiger partial charge in [-0.15, -0.1) is 0 Å². The first kappa shape index (κ1) is 21.5. The van der Waals surface area contributed by atoms with E-state index in [1.165, 1.54) is 29.3 Å². The molecule has 27 heavy (non-hydrogen) atoms. The van der Waals surface area contributed by atoms with Crippen molar-refractivity contribution in [3.63, 3.8) is 0 Å². The lowest BCUT2D eigenvalue weighted by Crippen LogP contribution is -2.37. The lowest BCUT2D eigenvalue weighted by molar-refractivity contribution is 0.193. The van der Waals surface area contributed by atoms with E-state index in [9.17, 15) is 0 Å². The molecule has 0 aliphatic rings. The molecule has 2 rings (SSSR count). The predicted octanol–water partition coefficient (Wildman–Crippen LogP) is 6.95. The Labute approximate surface area is 166 Å². The Morgan fingerprint density at radius 3 is 2.04 bits per heavy atom. The SMILES string of the molecule is CC[Si](CC)(CC)OC(C/C=C/Cc1ccccc1)c1ccc(OC)cc1. The van der Waals surface area contributed by atoms with Crippen molar-refractivity contribution in [3.05, 3.63) is 77.9 Å². The van der Waals surface area contributed by atoms with Crippen LogP contribution in [0, 0.1) is 0 Å². The number of ether oxygens (including phenoxy) is 1. The standard InChI is InChI=1S/C24H34O2Si/c1-5-27(6-2,7-3)26-24(22-17-19-23(25-4)20-18-22)16-12-11-15-21-13-9-8-10-14-21/h8-14,17-20,24H,5-7,15-16H2,1-4H3/b12-11+. The number of hydrogen-bond acceptors (Lipinski definition) is 2. The summed E-state index contributed by atoms with van der Waals surface area (Å²) in [4.78, 5) is 0. The van der Waals surface area contributed by atoms with Crippen molar-refractivity contribution in [1.29, 1.82) is 0 Å². The number of allylic oxidation sites excluding steroid dienone is 1. The minimum absolute atomic E-state index is 0.120. The molecule has 3 heteroatoms. The van der Waals surface area contributed by atoms with Crippen LogP contribution >= 0.6 is 0 Å². The highest BCUT2D eigenvalue weighted by molar-refractivity contribution is 6.73. The lowest BCUT2D eigenvalue weighted by atomic mass is 10.1. The van der Waals surface area contributed by atoms with Gasteiger partial charge >= 0.3 is 0 Å². The molecule has 0 N–H and O–H groups in total. The summed E-state index contributed by atoms with van der Waals surface area (Å²) in [5.74, 6) is 0.891. The van der Waals surface area contributed by atoms with Crippen molar-refractivity contribution in [1.82, 2.24) is 0 Å². The maximum Gasteiger partial charge on any atom is 0.192 e. The first-order valence-electron chi connectivity index (χ1n) is 10.2. The number of methoxy groups -OCH3 is 1. The Hall–Kier alpha value is -1.84. The maximum atomic E-state index is 6.84. The second-order valence-electron chi connectivity index (χ2n) is 7.02. The van der Waals surface area contributed by atoms with Crippen molar-refractivity contribution >= 4 is 8.32 Å². The van der Waals surface area contributed by atoms with Gasteiger partial charge in [-0.25, -0.2) is 0 Å². The number of hydrogen-bond donors (Lipinski definition) is 0. The van der Waals surface area contributed by atoms with Crippen molar-refractivity contribution < 1.29 is 9.16 Å². The third kappa shape index (κ3) is 6.37. The van der Waals surface area contributed by atoms with Crippen molar-refractivity contribution in [2.24, 2.45) is 0 Å². The van der Waals surface area contributed by atoms with Crippen LogP contribution in [0.5, 0.6) is 5.75 Å². The summed E-state index contributed by atoms with van der Waals surface area (Å²) in [5, 5.41) is 0. The fourth-order valence-electron chi connectivity index (χ4n) is 3.43. The molecule has 2 aromatic carbocycles. The van der Waals surface area contributed by atoms with Crippen molar-refractivity contribution in [3.8, 4) is 5.75 Å². The van der Waals surface area contributed by atoms with E-state index < -0.39 is 8.32 Å². The first-order chi connectivity index (χ1) is 13.2. The Morgan fingerprint density at radius 2 is 1.48 bits per heavy atom. The van der Waals surface area contributed by atoms with Crippen LogP contribution in [-0.2, 0) is 10.8 Å². The molecule has 0 bridgehead atoms. The van der Waals surface area contributed by atoms with Crippen LogP contribution in [0.1, 0.15) is 44.4 Å². The van der Waals surface area contributed by atoms with E-state index in [1.54, 1.807) is 7.11 Å². The molecule has 0 aliphatic carbocycles. The van der Waals surface area contributed by atoms with Gasteiger partial charge in [-0.1, -0.05) is 75.4 Å². The molecule has 1 atom stereocenters. The van der Waals surface area contributed by atoms with Gasteiger partial charge in [-0.05, 0) is 54.2 Å². The molecule has 0 saturated heterocycles. The van der Waals surface area contributed by atoms with Gasteiger partial charge in [0.05, 0.1) is 13.2 Å². The summed E-state index contributed by atoms with van der Waals surface area (Å²) in [6, 6.07) is 22.5. The Balaban J connectivity index is 2.12. The van der Waals surface area contributed by atoms with Gasteiger partial charge in [0, 0.05) is 0 Å². The molecule has 0 fully saturated rings. The molecule has 0 amide bonds. The summed E-state index contributed by atoms with van der Waals surface area (Å²) < 4.78 is 12.2. The Bertz CT molecular complexity index is 667. The van der Waals surface area contributed by atoms with Crippen molar-refractivity contribution in [2.45, 2.75) is 57.8 Å². The van der Waals surface area contributed by atoms with Gasteiger partial charge in [-0.2, -0.15) is 0 Å². The molecule has 0 aromatic heterocycles. The zero-order chi connectivity index (χ0) is 19.5. The molecule has 2 nitrogen and oxygen atoms in total. The van der Waals surface area contributed by atoms with E-state index in [1.807, 2.05) is 12.1 Å². The smallest absolute Gasteiger partial charge is 0.192 e. The third-order valence-electron chi connectivity index (χ3n) is 5.53. The molecule has 1 unspecified atom stereocenters. The van der Waals surface area contributed by atoms with E-state index in [4.69, 9.17) is 9.16 Å². The van der Waals surface area contributed by atoms with Crippen LogP contribution in [0.4, 0.5) is 0 Å². The summed E-state index contributed by atoms with van der Waals surface area (Å²) in [5.41, 5.74) is 2.59. The van der Waals surface area contributed by atoms with Gasteiger partial charge in [0.25, 0.3) is 0 Å². The second kappa shape index (κ2) is 11.1. The summed E-state index contributed by atoms with van der Waals surface area (Å²) >= 11 is 0. The van der Waals surface area contributed by atoms with Crippen LogP contribution in [0.25, 0.3) is 0 Å². The third-order valence-corrected chi connectivity index (χ3v) is 10.2. The average Bonchev–Trinajstić information content (AvgIpc) is 2.74. The first-order valence-corrected chi connectivity index (χ1v) is 12.7. The zero-order valence-electron chi connectivity index (χ0n) is 17.3. The van der Waals surface area contributed by atoms with Crippen LogP contribution in [0.3, 0.4) is 0 Å². The summed E-state index contributed by atoms with van der Waals surface area (Å²) in [6.45, 7) is 6.86.